The van der Waals surface area contributed by atoms with Crippen LogP contribution in [0.3, 0.4) is 0 Å². The lowest BCUT2D eigenvalue weighted by atomic mass is 9.96. The second-order valence-corrected chi connectivity index (χ2v) is 11.1. The van der Waals surface area contributed by atoms with Gasteiger partial charge in [0, 0.05) is 34.9 Å². The van der Waals surface area contributed by atoms with Gasteiger partial charge < -0.3 is 25.2 Å². The van der Waals surface area contributed by atoms with Gasteiger partial charge in [-0.15, -0.1) is 0 Å². The minimum absolute atomic E-state index is 0.120. The van der Waals surface area contributed by atoms with Gasteiger partial charge in [-0.3, -0.25) is 9.78 Å². The SMILES string of the molecule is Cc1cc([C@@H]2[C@@H](c3ccccn3)NC(=S)N2c2ccc(NC(=O)C(C)C)c(Cl)c2)c(C)n1-c1cccc(C(=O)O)c1. The molecule has 0 bridgehead atoms. The molecule has 210 valence electrons. The Bertz CT molecular complexity index is 1650. The molecule has 5 rings (SSSR count). The van der Waals surface area contributed by atoms with Crippen LogP contribution in [0.25, 0.3) is 5.69 Å². The number of nitrogens with zero attached hydrogens (tertiary/aromatic N) is 3. The van der Waals surface area contributed by atoms with Crippen molar-refractivity contribution in [2.45, 2.75) is 39.8 Å². The molecule has 8 nitrogen and oxygen atoms in total. The molecule has 4 aromatic rings. The molecular weight excluding hydrogens is 558 g/mol. The van der Waals surface area contributed by atoms with Crippen molar-refractivity contribution in [2.75, 3.05) is 10.2 Å². The van der Waals surface area contributed by atoms with E-state index >= 15 is 0 Å². The quantitative estimate of drug-likeness (QED) is 0.209. The highest BCUT2D eigenvalue weighted by Crippen LogP contribution is 2.44. The molecule has 2 aromatic heterocycles. The molecule has 0 spiro atoms. The zero-order valence-electron chi connectivity index (χ0n) is 23.1. The van der Waals surface area contributed by atoms with Crippen LogP contribution in [-0.2, 0) is 4.79 Å². The van der Waals surface area contributed by atoms with E-state index in [1.54, 1.807) is 36.5 Å². The lowest BCUT2D eigenvalue weighted by molar-refractivity contribution is -0.118. The Hall–Kier alpha value is -4.21. The summed E-state index contributed by atoms with van der Waals surface area (Å²) in [6.45, 7) is 7.65. The van der Waals surface area contributed by atoms with Crippen LogP contribution in [-0.4, -0.2) is 31.6 Å². The first-order chi connectivity index (χ1) is 19.6. The second kappa shape index (κ2) is 11.3. The highest BCUT2D eigenvalue weighted by molar-refractivity contribution is 7.80. The van der Waals surface area contributed by atoms with Crippen LogP contribution < -0.4 is 15.5 Å². The number of benzene rings is 2. The summed E-state index contributed by atoms with van der Waals surface area (Å²) in [4.78, 5) is 30.6. The van der Waals surface area contributed by atoms with Crippen molar-refractivity contribution < 1.29 is 14.7 Å². The van der Waals surface area contributed by atoms with Crippen molar-refractivity contribution in [3.05, 3.63) is 106 Å². The van der Waals surface area contributed by atoms with Gasteiger partial charge in [0.15, 0.2) is 5.11 Å². The van der Waals surface area contributed by atoms with E-state index in [-0.39, 0.29) is 29.5 Å². The zero-order chi connectivity index (χ0) is 29.4. The van der Waals surface area contributed by atoms with Gasteiger partial charge in [-0.25, -0.2) is 4.79 Å². The fourth-order valence-corrected chi connectivity index (χ4v) is 5.81. The van der Waals surface area contributed by atoms with Gasteiger partial charge in [0.2, 0.25) is 5.91 Å². The number of aryl methyl sites for hydroxylation is 1. The number of thiocarbonyl (C=S) groups is 1. The topological polar surface area (TPSA) is 99.5 Å². The molecule has 41 heavy (non-hydrogen) atoms. The number of rotatable bonds is 7. The molecule has 1 aliphatic heterocycles. The summed E-state index contributed by atoms with van der Waals surface area (Å²) >= 11 is 12.5. The van der Waals surface area contributed by atoms with Crippen molar-refractivity contribution in [1.29, 1.82) is 0 Å². The van der Waals surface area contributed by atoms with Crippen molar-refractivity contribution in [1.82, 2.24) is 14.9 Å². The summed E-state index contributed by atoms with van der Waals surface area (Å²) in [6, 6.07) is 19.7. The first-order valence-electron chi connectivity index (χ1n) is 13.2. The predicted molar refractivity (Wildman–Crippen MR) is 165 cm³/mol. The lowest BCUT2D eigenvalue weighted by Gasteiger charge is -2.28. The summed E-state index contributed by atoms with van der Waals surface area (Å²) in [5.74, 6) is -1.28. The number of carboxylic acids is 1. The average Bonchev–Trinajstić information content (AvgIpc) is 3.44. The molecule has 1 amide bonds. The smallest absolute Gasteiger partial charge is 0.335 e. The zero-order valence-corrected chi connectivity index (χ0v) is 24.6. The number of pyridine rings is 1. The first kappa shape index (κ1) is 28.3. The fraction of sp³-hybridized carbons (Fsp3) is 0.226. The first-order valence-corrected chi connectivity index (χ1v) is 14.0. The summed E-state index contributed by atoms with van der Waals surface area (Å²) in [6.07, 6.45) is 1.75. The maximum absolute atomic E-state index is 12.3. The number of halogens is 1. The number of anilines is 2. The molecule has 3 N–H and O–H groups in total. The van der Waals surface area contributed by atoms with Crippen LogP contribution in [0.1, 0.15) is 58.9 Å². The molecule has 1 saturated heterocycles. The van der Waals surface area contributed by atoms with Gasteiger partial charge in [0.05, 0.1) is 34.1 Å². The Balaban J connectivity index is 1.62. The summed E-state index contributed by atoms with van der Waals surface area (Å²) < 4.78 is 2.05. The average molecular weight is 588 g/mol. The van der Waals surface area contributed by atoms with Gasteiger partial charge in [-0.05, 0) is 86.2 Å². The summed E-state index contributed by atoms with van der Waals surface area (Å²) in [7, 11) is 0. The van der Waals surface area contributed by atoms with Crippen LogP contribution in [0.4, 0.5) is 11.4 Å². The van der Waals surface area contributed by atoms with E-state index in [2.05, 4.69) is 21.7 Å². The number of aromatic nitrogens is 2. The summed E-state index contributed by atoms with van der Waals surface area (Å²) in [5, 5.41) is 16.8. The minimum Gasteiger partial charge on any atom is -0.478 e. The van der Waals surface area contributed by atoms with Crippen LogP contribution in [0.5, 0.6) is 0 Å². The molecule has 1 aliphatic rings. The molecule has 0 radical (unpaired) electrons. The number of carbonyl (C=O) groups is 2. The molecule has 3 heterocycles. The maximum Gasteiger partial charge on any atom is 0.335 e. The van der Waals surface area contributed by atoms with E-state index in [1.165, 1.54) is 0 Å². The van der Waals surface area contributed by atoms with Gasteiger partial charge >= 0.3 is 5.97 Å². The molecular formula is C31H30ClN5O3S. The lowest BCUT2D eigenvalue weighted by Crippen LogP contribution is -2.29. The van der Waals surface area contributed by atoms with E-state index in [9.17, 15) is 14.7 Å². The van der Waals surface area contributed by atoms with Crippen molar-refractivity contribution >= 4 is 52.2 Å². The third-order valence-electron chi connectivity index (χ3n) is 7.25. The largest absolute Gasteiger partial charge is 0.478 e. The highest BCUT2D eigenvalue weighted by Gasteiger charge is 2.42. The monoisotopic (exact) mass is 587 g/mol. The number of hydrogen-bond acceptors (Lipinski definition) is 4. The Morgan fingerprint density at radius 3 is 2.49 bits per heavy atom. The number of hydrogen-bond donors (Lipinski definition) is 3. The molecule has 10 heteroatoms. The van der Waals surface area contributed by atoms with E-state index in [0.717, 1.165) is 34.0 Å². The number of carbonyl (C=O) groups excluding carboxylic acids is 1. The van der Waals surface area contributed by atoms with Gasteiger partial charge in [0.1, 0.15) is 0 Å². The highest BCUT2D eigenvalue weighted by atomic mass is 35.5. The van der Waals surface area contributed by atoms with Gasteiger partial charge in [0.25, 0.3) is 0 Å². The van der Waals surface area contributed by atoms with Crippen LogP contribution in [0, 0.1) is 19.8 Å². The van der Waals surface area contributed by atoms with Crippen LogP contribution in [0.15, 0.2) is 72.9 Å². The summed E-state index contributed by atoms with van der Waals surface area (Å²) in [5.41, 5.74) is 5.98. The molecule has 0 aliphatic carbocycles. The molecule has 0 unspecified atom stereocenters. The number of aromatic carboxylic acids is 1. The Kier molecular flexibility index (Phi) is 7.84. The van der Waals surface area contributed by atoms with Gasteiger partial charge in [-0.2, -0.15) is 0 Å². The number of nitrogens with one attached hydrogen (secondary N) is 2. The fourth-order valence-electron chi connectivity index (χ4n) is 5.24. The van der Waals surface area contributed by atoms with Crippen molar-refractivity contribution in [3.63, 3.8) is 0 Å². The van der Waals surface area contributed by atoms with E-state index in [4.69, 9.17) is 23.8 Å². The molecule has 2 aromatic carbocycles. The standard InChI is InChI=1S/C31H30ClN5O3S/c1-17(2)29(38)34-25-12-11-22(16-24(25)32)37-28(27(35-31(37)41)26-10-5-6-13-33-26)23-14-18(3)36(19(23)4)21-9-7-8-20(15-21)30(39)40/h5-17,27-28H,1-4H3,(H,34,38)(H,35,41)(H,39,40)/t27-,28-/m1/s1. The molecule has 2 atom stereocenters. The van der Waals surface area contributed by atoms with Crippen LogP contribution >= 0.6 is 23.8 Å². The van der Waals surface area contributed by atoms with Crippen LogP contribution in [0.2, 0.25) is 5.02 Å². The minimum atomic E-state index is -0.980. The molecule has 0 saturated carbocycles. The van der Waals surface area contributed by atoms with Crippen molar-refractivity contribution in [3.8, 4) is 5.69 Å². The third kappa shape index (κ3) is 5.42. The predicted octanol–water partition coefficient (Wildman–Crippen LogP) is 6.61. The Labute approximate surface area is 249 Å². The second-order valence-electron chi connectivity index (χ2n) is 10.3. The van der Waals surface area contributed by atoms with E-state index in [1.807, 2.05) is 67.5 Å². The normalized spacial score (nSPS) is 16.6. The van der Waals surface area contributed by atoms with E-state index in [0.29, 0.717) is 15.8 Å². The number of carboxylic acid groups (broad SMARTS) is 1. The van der Waals surface area contributed by atoms with Crippen molar-refractivity contribution in [2.24, 2.45) is 5.92 Å². The maximum atomic E-state index is 12.3. The van der Waals surface area contributed by atoms with E-state index < -0.39 is 5.97 Å². The number of amides is 1. The Morgan fingerprint density at radius 2 is 1.83 bits per heavy atom. The molecule has 1 fully saturated rings. The van der Waals surface area contributed by atoms with Gasteiger partial charge in [-0.1, -0.05) is 37.6 Å². The third-order valence-corrected chi connectivity index (χ3v) is 7.88. The Morgan fingerprint density at radius 1 is 1.05 bits per heavy atom.